The van der Waals surface area contributed by atoms with Crippen LogP contribution in [-0.4, -0.2) is 36.8 Å². The monoisotopic (exact) mass is 363 g/mol. The summed E-state index contributed by atoms with van der Waals surface area (Å²) in [6, 6.07) is 3.58. The Morgan fingerprint density at radius 2 is 1.96 bits per heavy atom. The Bertz CT molecular complexity index is 778. The molecule has 1 unspecified atom stereocenters. The van der Waals surface area contributed by atoms with Crippen molar-refractivity contribution in [1.82, 2.24) is 19.7 Å². The van der Waals surface area contributed by atoms with E-state index in [0.29, 0.717) is 36.2 Å². The van der Waals surface area contributed by atoms with Crippen molar-refractivity contribution in [2.24, 2.45) is 0 Å². The molecule has 1 atom stereocenters. The molecule has 0 radical (unpaired) electrons. The van der Waals surface area contributed by atoms with Gasteiger partial charge in [-0.2, -0.15) is 10.1 Å². The Hall–Kier alpha value is -2.09. The van der Waals surface area contributed by atoms with Crippen LogP contribution in [0.15, 0.2) is 18.3 Å². The highest BCUT2D eigenvalue weighted by Crippen LogP contribution is 2.39. The van der Waals surface area contributed by atoms with Gasteiger partial charge in [-0.15, -0.1) is 0 Å². The number of halogens is 2. The minimum Gasteiger partial charge on any atom is -0.387 e. The van der Waals surface area contributed by atoms with E-state index >= 15 is 0 Å². The third-order valence-electron chi connectivity index (χ3n) is 5.04. The minimum absolute atomic E-state index is 0.0566. The van der Waals surface area contributed by atoms with Crippen LogP contribution in [0.2, 0.25) is 0 Å². The number of aliphatic hydroxyl groups is 1. The summed E-state index contributed by atoms with van der Waals surface area (Å²) in [6.45, 7) is 1.63. The van der Waals surface area contributed by atoms with Gasteiger partial charge in [-0.1, -0.05) is 0 Å². The summed E-state index contributed by atoms with van der Waals surface area (Å²) in [5, 5.41) is 17.7. The van der Waals surface area contributed by atoms with Crippen molar-refractivity contribution >= 4 is 5.82 Å². The molecule has 0 aliphatic heterocycles. The predicted octanol–water partition coefficient (Wildman–Crippen LogP) is 3.58. The maximum atomic E-state index is 13.3. The van der Waals surface area contributed by atoms with Crippen LogP contribution in [0.25, 0.3) is 5.95 Å². The van der Waals surface area contributed by atoms with Gasteiger partial charge in [-0.05, 0) is 38.7 Å². The van der Waals surface area contributed by atoms with E-state index in [1.54, 1.807) is 17.7 Å². The number of hydrogen-bond acceptors (Lipinski definition) is 5. The molecule has 2 saturated carbocycles. The molecule has 8 heteroatoms. The van der Waals surface area contributed by atoms with Crippen molar-refractivity contribution in [3.63, 3.8) is 0 Å². The Labute approximate surface area is 150 Å². The highest BCUT2D eigenvalue weighted by Gasteiger charge is 2.35. The third-order valence-corrected chi connectivity index (χ3v) is 5.04. The van der Waals surface area contributed by atoms with Crippen LogP contribution in [0, 0.1) is 0 Å². The first kappa shape index (κ1) is 17.3. The number of hydrogen-bond donors (Lipinski definition) is 2. The molecule has 2 aliphatic rings. The van der Waals surface area contributed by atoms with E-state index in [9.17, 15) is 13.9 Å². The van der Waals surface area contributed by atoms with Crippen LogP contribution < -0.4 is 5.32 Å². The molecule has 0 spiro atoms. The Morgan fingerprint density at radius 1 is 1.23 bits per heavy atom. The summed E-state index contributed by atoms with van der Waals surface area (Å²) in [5.41, 5.74) is 1.50. The molecule has 4 rings (SSSR count). The van der Waals surface area contributed by atoms with Gasteiger partial charge < -0.3 is 10.4 Å². The Kier molecular flexibility index (Phi) is 4.38. The maximum absolute atomic E-state index is 13.3. The Morgan fingerprint density at radius 3 is 2.62 bits per heavy atom. The van der Waals surface area contributed by atoms with Crippen LogP contribution in [0.4, 0.5) is 14.6 Å². The van der Waals surface area contributed by atoms with E-state index < -0.39 is 12.0 Å². The van der Waals surface area contributed by atoms with E-state index in [0.717, 1.165) is 18.5 Å². The van der Waals surface area contributed by atoms with Crippen LogP contribution in [0.3, 0.4) is 0 Å². The lowest BCUT2D eigenvalue weighted by Gasteiger charge is -2.29. The van der Waals surface area contributed by atoms with Crippen molar-refractivity contribution in [2.45, 2.75) is 69.4 Å². The normalized spacial score (nSPS) is 21.5. The molecular formula is C18H23F2N5O. The standard InChI is InChI=1S/C18H23F2N5O/c1-11(26)15-10-16(21-13-4-7-18(19,20)8-5-13)23-17(22-15)25-9-6-14(24-25)12-2-3-12/h6,9-13,26H,2-5,7-8H2,1H3,(H,21,22,23). The second-order valence-electron chi connectivity index (χ2n) is 7.39. The van der Waals surface area contributed by atoms with Crippen molar-refractivity contribution < 1.29 is 13.9 Å². The molecule has 0 aromatic carbocycles. The predicted molar refractivity (Wildman–Crippen MR) is 92.6 cm³/mol. The summed E-state index contributed by atoms with van der Waals surface area (Å²) in [4.78, 5) is 8.88. The van der Waals surface area contributed by atoms with Crippen molar-refractivity contribution in [3.05, 3.63) is 29.7 Å². The first-order valence-corrected chi connectivity index (χ1v) is 9.17. The van der Waals surface area contributed by atoms with Crippen molar-refractivity contribution in [3.8, 4) is 5.95 Å². The van der Waals surface area contributed by atoms with Crippen LogP contribution >= 0.6 is 0 Å². The first-order chi connectivity index (χ1) is 12.4. The van der Waals surface area contributed by atoms with E-state index in [2.05, 4.69) is 20.4 Å². The van der Waals surface area contributed by atoms with Gasteiger partial charge in [0.1, 0.15) is 5.82 Å². The second kappa shape index (κ2) is 6.57. The minimum atomic E-state index is -2.56. The largest absolute Gasteiger partial charge is 0.387 e. The van der Waals surface area contributed by atoms with Crippen molar-refractivity contribution in [1.29, 1.82) is 0 Å². The zero-order valence-corrected chi connectivity index (χ0v) is 14.7. The van der Waals surface area contributed by atoms with Gasteiger partial charge in [-0.3, -0.25) is 0 Å². The first-order valence-electron chi connectivity index (χ1n) is 9.17. The zero-order valence-electron chi connectivity index (χ0n) is 14.7. The molecule has 2 N–H and O–H groups in total. The molecule has 2 heterocycles. The molecule has 2 aromatic heterocycles. The lowest BCUT2D eigenvalue weighted by atomic mass is 9.92. The highest BCUT2D eigenvalue weighted by molar-refractivity contribution is 5.40. The lowest BCUT2D eigenvalue weighted by Crippen LogP contribution is -2.32. The topological polar surface area (TPSA) is 75.9 Å². The number of rotatable bonds is 5. The summed E-state index contributed by atoms with van der Waals surface area (Å²) in [7, 11) is 0. The number of anilines is 1. The summed E-state index contributed by atoms with van der Waals surface area (Å²) in [5.74, 6) is -1.13. The Balaban J connectivity index is 1.56. The second-order valence-corrected chi connectivity index (χ2v) is 7.39. The third kappa shape index (κ3) is 3.85. The van der Waals surface area contributed by atoms with Gasteiger partial charge in [0.2, 0.25) is 5.92 Å². The van der Waals surface area contributed by atoms with Gasteiger partial charge >= 0.3 is 0 Å². The number of nitrogens with one attached hydrogen (secondary N) is 1. The molecule has 0 bridgehead atoms. The fourth-order valence-corrected chi connectivity index (χ4v) is 3.28. The van der Waals surface area contributed by atoms with Crippen LogP contribution in [-0.2, 0) is 0 Å². The average molecular weight is 363 g/mol. The van der Waals surface area contributed by atoms with Crippen molar-refractivity contribution in [2.75, 3.05) is 5.32 Å². The fraction of sp³-hybridized carbons (Fsp3) is 0.611. The fourth-order valence-electron chi connectivity index (χ4n) is 3.28. The average Bonchev–Trinajstić information content (AvgIpc) is 3.33. The van der Waals surface area contributed by atoms with Gasteiger partial charge in [0.25, 0.3) is 5.95 Å². The summed E-state index contributed by atoms with van der Waals surface area (Å²) < 4.78 is 28.3. The lowest BCUT2D eigenvalue weighted by molar-refractivity contribution is -0.0361. The number of nitrogens with zero attached hydrogens (tertiary/aromatic N) is 4. The molecule has 2 aliphatic carbocycles. The van der Waals surface area contributed by atoms with Gasteiger partial charge in [0.05, 0.1) is 17.5 Å². The molecule has 0 amide bonds. The quantitative estimate of drug-likeness (QED) is 0.849. The van der Waals surface area contributed by atoms with Crippen LogP contribution in [0.1, 0.15) is 68.9 Å². The van der Waals surface area contributed by atoms with Gasteiger partial charge in [-0.25, -0.2) is 18.4 Å². The molecule has 26 heavy (non-hydrogen) atoms. The molecular weight excluding hydrogens is 340 g/mol. The molecule has 2 aromatic rings. The molecule has 140 valence electrons. The maximum Gasteiger partial charge on any atom is 0.252 e. The van der Waals surface area contributed by atoms with Crippen LogP contribution in [0.5, 0.6) is 0 Å². The number of aliphatic hydroxyl groups excluding tert-OH is 1. The SMILES string of the molecule is CC(O)c1cc(NC2CCC(F)(F)CC2)nc(-n2ccc(C3CC3)n2)n1. The molecule has 0 saturated heterocycles. The summed E-state index contributed by atoms with van der Waals surface area (Å²) in [6.07, 6.45) is 3.93. The van der Waals surface area contributed by atoms with Gasteiger partial charge in [0, 0.05) is 37.1 Å². The van der Waals surface area contributed by atoms with E-state index in [1.807, 2.05) is 12.3 Å². The summed E-state index contributed by atoms with van der Waals surface area (Å²) >= 11 is 0. The van der Waals surface area contributed by atoms with Gasteiger partial charge in [0.15, 0.2) is 0 Å². The molecule has 2 fully saturated rings. The zero-order chi connectivity index (χ0) is 18.3. The molecule has 6 nitrogen and oxygen atoms in total. The number of alkyl halides is 2. The smallest absolute Gasteiger partial charge is 0.252 e. The highest BCUT2D eigenvalue weighted by atomic mass is 19.3. The van der Waals surface area contributed by atoms with E-state index in [4.69, 9.17) is 0 Å². The van der Waals surface area contributed by atoms with E-state index in [1.165, 1.54) is 0 Å². The van der Waals surface area contributed by atoms with E-state index in [-0.39, 0.29) is 18.9 Å². The number of aromatic nitrogens is 4.